The van der Waals surface area contributed by atoms with Gasteiger partial charge in [0.15, 0.2) is 0 Å². The molecule has 2 saturated heterocycles. The van der Waals surface area contributed by atoms with Gasteiger partial charge in [-0.2, -0.15) is 0 Å². The van der Waals surface area contributed by atoms with E-state index in [-0.39, 0.29) is 17.9 Å². The number of fused-ring (bicyclic) bond motifs is 2. The molecule has 0 saturated carbocycles. The lowest BCUT2D eigenvalue weighted by Gasteiger charge is -2.47. The SMILES string of the molecule is CNCCN1C(=O)CC[C@H]2CN(C(=O)C3=Cc4ccccc4OC=C3)CC[C@H]21. The number of likely N-dealkylation sites (tertiary alicyclic amines) is 2. The van der Waals surface area contributed by atoms with Crippen LogP contribution < -0.4 is 10.1 Å². The van der Waals surface area contributed by atoms with Crippen molar-refractivity contribution in [1.29, 1.82) is 0 Å². The lowest BCUT2D eigenvalue weighted by Crippen LogP contribution is -2.57. The van der Waals surface area contributed by atoms with Crippen LogP contribution in [0.5, 0.6) is 5.75 Å². The summed E-state index contributed by atoms with van der Waals surface area (Å²) in [6.07, 6.45) is 7.52. The molecule has 2 atom stereocenters. The highest BCUT2D eigenvalue weighted by Crippen LogP contribution is 2.32. The van der Waals surface area contributed by atoms with Gasteiger partial charge in [0.25, 0.3) is 5.91 Å². The standard InChI is InChI=1S/C22H27N3O3/c1-23-10-12-25-19-8-11-24(15-18(19)6-7-21(25)26)22(27)17-9-13-28-20-5-3-2-4-16(20)14-17/h2-5,9,13-14,18-19,23H,6-8,10-12,15H2,1H3/t18-,19+/m0/s1. The summed E-state index contributed by atoms with van der Waals surface area (Å²) < 4.78 is 5.61. The molecular formula is C22H27N3O3. The summed E-state index contributed by atoms with van der Waals surface area (Å²) in [4.78, 5) is 29.5. The summed E-state index contributed by atoms with van der Waals surface area (Å²) in [6.45, 7) is 2.93. The van der Waals surface area contributed by atoms with Crippen molar-refractivity contribution in [2.45, 2.75) is 25.3 Å². The van der Waals surface area contributed by atoms with Crippen molar-refractivity contribution >= 4 is 17.9 Å². The number of nitrogens with one attached hydrogen (secondary N) is 1. The van der Waals surface area contributed by atoms with Crippen LogP contribution in [-0.2, 0) is 9.59 Å². The molecule has 1 N–H and O–H groups in total. The number of benzene rings is 1. The fraction of sp³-hybridized carbons (Fsp3) is 0.455. The van der Waals surface area contributed by atoms with Gasteiger partial charge < -0.3 is 19.9 Å². The van der Waals surface area contributed by atoms with Crippen LogP contribution >= 0.6 is 0 Å². The minimum absolute atomic E-state index is 0.0358. The minimum Gasteiger partial charge on any atom is -0.464 e. The Kier molecular flexibility index (Phi) is 5.48. The molecule has 2 amide bonds. The maximum Gasteiger partial charge on any atom is 0.254 e. The van der Waals surface area contributed by atoms with Crippen LogP contribution in [0.1, 0.15) is 24.8 Å². The third kappa shape index (κ3) is 3.69. The predicted octanol–water partition coefficient (Wildman–Crippen LogP) is 2.04. The van der Waals surface area contributed by atoms with Gasteiger partial charge in [0.1, 0.15) is 5.75 Å². The fourth-order valence-corrected chi connectivity index (χ4v) is 4.48. The fourth-order valence-electron chi connectivity index (χ4n) is 4.48. The first-order valence-corrected chi connectivity index (χ1v) is 10.0. The number of likely N-dealkylation sites (N-methyl/N-ethyl adjacent to an activating group) is 1. The van der Waals surface area contributed by atoms with Gasteiger partial charge in [-0.25, -0.2) is 0 Å². The molecule has 6 heteroatoms. The lowest BCUT2D eigenvalue weighted by molar-refractivity contribution is -0.143. The third-order valence-electron chi connectivity index (χ3n) is 5.95. The zero-order chi connectivity index (χ0) is 19.5. The van der Waals surface area contributed by atoms with Gasteiger partial charge in [-0.05, 0) is 44.0 Å². The number of amides is 2. The number of para-hydroxylation sites is 1. The van der Waals surface area contributed by atoms with Crippen LogP contribution in [0.25, 0.3) is 6.08 Å². The first-order valence-electron chi connectivity index (χ1n) is 10.0. The highest BCUT2D eigenvalue weighted by molar-refractivity contribution is 6.01. The van der Waals surface area contributed by atoms with Crippen LogP contribution in [0.3, 0.4) is 0 Å². The molecule has 3 heterocycles. The Morgan fingerprint density at radius 1 is 1.29 bits per heavy atom. The number of hydrogen-bond acceptors (Lipinski definition) is 4. The molecular weight excluding hydrogens is 354 g/mol. The third-order valence-corrected chi connectivity index (χ3v) is 5.95. The molecule has 0 aromatic heterocycles. The van der Waals surface area contributed by atoms with E-state index >= 15 is 0 Å². The molecule has 1 aromatic carbocycles. The van der Waals surface area contributed by atoms with Crippen LogP contribution in [-0.4, -0.2) is 60.9 Å². The van der Waals surface area contributed by atoms with Gasteiger partial charge in [0, 0.05) is 49.8 Å². The molecule has 1 aromatic rings. The first kappa shape index (κ1) is 18.7. The van der Waals surface area contributed by atoms with Crippen LogP contribution in [0.2, 0.25) is 0 Å². The quantitative estimate of drug-likeness (QED) is 0.867. The van der Waals surface area contributed by atoms with E-state index in [1.807, 2.05) is 47.2 Å². The van der Waals surface area contributed by atoms with E-state index in [1.54, 1.807) is 12.3 Å². The maximum absolute atomic E-state index is 13.2. The van der Waals surface area contributed by atoms with E-state index in [9.17, 15) is 9.59 Å². The Hall–Kier alpha value is -2.60. The summed E-state index contributed by atoms with van der Waals surface area (Å²) >= 11 is 0. The molecule has 3 aliphatic heterocycles. The molecule has 3 aliphatic rings. The summed E-state index contributed by atoms with van der Waals surface area (Å²) in [7, 11) is 1.91. The molecule has 0 unspecified atom stereocenters. The summed E-state index contributed by atoms with van der Waals surface area (Å²) in [5, 5.41) is 3.13. The maximum atomic E-state index is 13.2. The number of ether oxygens (including phenoxy) is 1. The number of nitrogens with zero attached hydrogens (tertiary/aromatic N) is 2. The number of hydrogen-bond donors (Lipinski definition) is 1. The topological polar surface area (TPSA) is 61.9 Å². The summed E-state index contributed by atoms with van der Waals surface area (Å²) in [6, 6.07) is 7.96. The number of carbonyl (C=O) groups is 2. The zero-order valence-corrected chi connectivity index (χ0v) is 16.3. The van der Waals surface area contributed by atoms with Crippen molar-refractivity contribution in [1.82, 2.24) is 15.1 Å². The number of piperidine rings is 2. The van der Waals surface area contributed by atoms with Crippen molar-refractivity contribution < 1.29 is 14.3 Å². The normalized spacial score (nSPS) is 24.0. The molecule has 0 bridgehead atoms. The highest BCUT2D eigenvalue weighted by Gasteiger charge is 2.40. The van der Waals surface area contributed by atoms with Crippen molar-refractivity contribution in [2.75, 3.05) is 33.2 Å². The van der Waals surface area contributed by atoms with E-state index in [1.165, 1.54) is 0 Å². The van der Waals surface area contributed by atoms with Crippen molar-refractivity contribution in [3.8, 4) is 5.75 Å². The average molecular weight is 381 g/mol. The molecule has 0 aliphatic carbocycles. The Morgan fingerprint density at radius 3 is 3.00 bits per heavy atom. The van der Waals surface area contributed by atoms with E-state index in [0.717, 1.165) is 37.2 Å². The lowest BCUT2D eigenvalue weighted by atomic mass is 9.83. The molecule has 0 spiro atoms. The Bertz CT molecular complexity index is 817. The Balaban J connectivity index is 1.48. The first-order chi connectivity index (χ1) is 13.7. The van der Waals surface area contributed by atoms with E-state index in [2.05, 4.69) is 5.32 Å². The van der Waals surface area contributed by atoms with Crippen molar-refractivity contribution in [3.63, 3.8) is 0 Å². The highest BCUT2D eigenvalue weighted by atomic mass is 16.5. The molecule has 148 valence electrons. The molecule has 2 fully saturated rings. The second-order valence-electron chi connectivity index (χ2n) is 7.65. The van der Waals surface area contributed by atoms with Gasteiger partial charge in [0.2, 0.25) is 5.91 Å². The zero-order valence-electron chi connectivity index (χ0n) is 16.3. The van der Waals surface area contributed by atoms with Crippen LogP contribution in [0.4, 0.5) is 0 Å². The smallest absolute Gasteiger partial charge is 0.254 e. The van der Waals surface area contributed by atoms with Crippen LogP contribution in [0, 0.1) is 5.92 Å². The van der Waals surface area contributed by atoms with Gasteiger partial charge in [-0.15, -0.1) is 0 Å². The number of rotatable bonds is 4. The molecule has 0 radical (unpaired) electrons. The largest absolute Gasteiger partial charge is 0.464 e. The Morgan fingerprint density at radius 2 is 2.14 bits per heavy atom. The molecule has 28 heavy (non-hydrogen) atoms. The average Bonchev–Trinajstić information content (AvgIpc) is 2.94. The Labute approximate surface area is 165 Å². The van der Waals surface area contributed by atoms with Gasteiger partial charge in [0.05, 0.1) is 6.26 Å². The van der Waals surface area contributed by atoms with Gasteiger partial charge >= 0.3 is 0 Å². The second-order valence-corrected chi connectivity index (χ2v) is 7.65. The minimum atomic E-state index is 0.0358. The van der Waals surface area contributed by atoms with E-state index < -0.39 is 0 Å². The van der Waals surface area contributed by atoms with Crippen molar-refractivity contribution in [2.24, 2.45) is 5.92 Å². The van der Waals surface area contributed by atoms with E-state index in [0.29, 0.717) is 31.0 Å². The molecule has 6 nitrogen and oxygen atoms in total. The van der Waals surface area contributed by atoms with Gasteiger partial charge in [-0.3, -0.25) is 9.59 Å². The van der Waals surface area contributed by atoms with E-state index in [4.69, 9.17) is 4.74 Å². The molecule has 4 rings (SSSR count). The van der Waals surface area contributed by atoms with Crippen molar-refractivity contribution in [3.05, 3.63) is 47.7 Å². The summed E-state index contributed by atoms with van der Waals surface area (Å²) in [5.41, 5.74) is 1.55. The summed E-state index contributed by atoms with van der Waals surface area (Å²) in [5.74, 6) is 1.39. The predicted molar refractivity (Wildman–Crippen MR) is 108 cm³/mol. The van der Waals surface area contributed by atoms with Gasteiger partial charge in [-0.1, -0.05) is 18.2 Å². The van der Waals surface area contributed by atoms with Crippen LogP contribution in [0.15, 0.2) is 42.2 Å². The number of carbonyl (C=O) groups excluding carboxylic acids is 2. The monoisotopic (exact) mass is 381 g/mol. The second kappa shape index (κ2) is 8.19.